The molecule has 5 heteroatoms. The number of carbonyl (C=O) groups excluding carboxylic acids is 1. The maximum Gasteiger partial charge on any atom is 0.261 e. The predicted octanol–water partition coefficient (Wildman–Crippen LogP) is 1.70. The second-order valence-corrected chi connectivity index (χ2v) is 3.79. The van der Waals surface area contributed by atoms with E-state index in [0.717, 1.165) is 5.69 Å². The summed E-state index contributed by atoms with van der Waals surface area (Å²) in [7, 11) is 1.68. The van der Waals surface area contributed by atoms with Crippen LogP contribution in [0.2, 0.25) is 0 Å². The van der Waals surface area contributed by atoms with E-state index in [1.807, 2.05) is 0 Å². The van der Waals surface area contributed by atoms with Gasteiger partial charge in [-0.2, -0.15) is 5.10 Å². The molecular weight excluding hydrogens is 218 g/mol. The molecule has 2 aromatic rings. The molecule has 0 bridgehead atoms. The second-order valence-electron chi connectivity index (χ2n) is 3.79. The molecule has 1 aromatic heterocycles. The first kappa shape index (κ1) is 11.2. The zero-order valence-electron chi connectivity index (χ0n) is 9.64. The molecule has 2 N–H and O–H groups in total. The molecule has 0 spiro atoms. The van der Waals surface area contributed by atoms with Crippen molar-refractivity contribution >= 4 is 11.6 Å². The minimum absolute atomic E-state index is 0.137. The van der Waals surface area contributed by atoms with E-state index >= 15 is 0 Å². The van der Waals surface area contributed by atoms with Crippen LogP contribution in [0.25, 0.3) is 0 Å². The summed E-state index contributed by atoms with van der Waals surface area (Å²) in [4.78, 5) is 13.6. The van der Waals surface area contributed by atoms with Crippen molar-refractivity contribution in [2.45, 2.75) is 6.92 Å². The van der Waals surface area contributed by atoms with Crippen LogP contribution >= 0.6 is 0 Å². The van der Waals surface area contributed by atoms with E-state index in [9.17, 15) is 9.90 Å². The maximum atomic E-state index is 12.1. The van der Waals surface area contributed by atoms with Gasteiger partial charge in [-0.25, -0.2) is 0 Å². The first-order valence-corrected chi connectivity index (χ1v) is 5.16. The summed E-state index contributed by atoms with van der Waals surface area (Å²) in [5.41, 5.74) is 2.00. The number of H-pyrrole nitrogens is 1. The van der Waals surface area contributed by atoms with Crippen molar-refractivity contribution in [2.75, 3.05) is 11.9 Å². The Hall–Kier alpha value is -2.30. The Bertz CT molecular complexity index is 531. The first-order chi connectivity index (χ1) is 8.09. The molecule has 0 aliphatic heterocycles. The van der Waals surface area contributed by atoms with Gasteiger partial charge in [0.25, 0.3) is 5.91 Å². The Kier molecular flexibility index (Phi) is 2.82. The summed E-state index contributed by atoms with van der Waals surface area (Å²) < 4.78 is 0. The number of rotatable bonds is 2. The quantitative estimate of drug-likeness (QED) is 0.826. The van der Waals surface area contributed by atoms with E-state index in [1.165, 1.54) is 11.1 Å². The Morgan fingerprint density at radius 2 is 2.00 bits per heavy atom. The molecule has 0 saturated heterocycles. The molecule has 2 rings (SSSR count). The average molecular weight is 231 g/mol. The summed E-state index contributed by atoms with van der Waals surface area (Å²) in [5.74, 6) is 0.0380. The first-order valence-electron chi connectivity index (χ1n) is 5.16. The smallest absolute Gasteiger partial charge is 0.261 e. The number of benzene rings is 1. The van der Waals surface area contributed by atoms with Crippen molar-refractivity contribution in [3.8, 4) is 5.75 Å². The lowest BCUT2D eigenvalue weighted by Crippen LogP contribution is -2.26. The molecule has 17 heavy (non-hydrogen) atoms. The van der Waals surface area contributed by atoms with Crippen molar-refractivity contribution < 1.29 is 9.90 Å². The fraction of sp³-hybridized carbons (Fsp3) is 0.167. The van der Waals surface area contributed by atoms with Gasteiger partial charge >= 0.3 is 0 Å². The third kappa shape index (κ3) is 2.13. The van der Waals surface area contributed by atoms with Crippen LogP contribution < -0.4 is 4.90 Å². The number of hydrogen-bond donors (Lipinski definition) is 2. The second kappa shape index (κ2) is 4.29. The van der Waals surface area contributed by atoms with E-state index in [1.54, 1.807) is 38.2 Å². The van der Waals surface area contributed by atoms with E-state index in [4.69, 9.17) is 0 Å². The molecule has 0 atom stereocenters. The van der Waals surface area contributed by atoms with Gasteiger partial charge in [-0.15, -0.1) is 0 Å². The normalized spacial score (nSPS) is 10.2. The van der Waals surface area contributed by atoms with Crippen molar-refractivity contribution in [3.63, 3.8) is 0 Å². The number of aryl methyl sites for hydroxylation is 1. The molecule has 0 aliphatic rings. The van der Waals surface area contributed by atoms with Crippen LogP contribution in [0.5, 0.6) is 5.75 Å². The molecule has 0 aliphatic carbocycles. The zero-order chi connectivity index (χ0) is 12.4. The van der Waals surface area contributed by atoms with Gasteiger partial charge in [0.05, 0.1) is 11.8 Å². The van der Waals surface area contributed by atoms with Gasteiger partial charge < -0.3 is 10.0 Å². The topological polar surface area (TPSA) is 69.2 Å². The van der Waals surface area contributed by atoms with Crippen molar-refractivity contribution in [2.24, 2.45) is 0 Å². The lowest BCUT2D eigenvalue weighted by Gasteiger charge is -2.16. The van der Waals surface area contributed by atoms with Crippen molar-refractivity contribution in [1.82, 2.24) is 10.2 Å². The molecule has 88 valence electrons. The van der Waals surface area contributed by atoms with Gasteiger partial charge in [0.15, 0.2) is 0 Å². The van der Waals surface area contributed by atoms with Crippen molar-refractivity contribution in [3.05, 3.63) is 41.7 Å². The maximum absolute atomic E-state index is 12.1. The number of nitrogens with one attached hydrogen (secondary N) is 1. The minimum atomic E-state index is -0.137. The lowest BCUT2D eigenvalue weighted by molar-refractivity contribution is 0.0992. The lowest BCUT2D eigenvalue weighted by atomic mass is 10.2. The molecule has 1 aromatic carbocycles. The monoisotopic (exact) mass is 231 g/mol. The number of aromatic nitrogens is 2. The number of phenols is 1. The third-order valence-corrected chi connectivity index (χ3v) is 2.60. The van der Waals surface area contributed by atoms with E-state index in [2.05, 4.69) is 10.2 Å². The Labute approximate surface area is 98.7 Å². The summed E-state index contributed by atoms with van der Waals surface area (Å²) in [5, 5.41) is 15.7. The summed E-state index contributed by atoms with van der Waals surface area (Å²) in [6.07, 6.45) is 1.51. The number of anilines is 1. The Morgan fingerprint density at radius 1 is 1.35 bits per heavy atom. The van der Waals surface area contributed by atoms with Crippen LogP contribution in [0.3, 0.4) is 0 Å². The Balaban J connectivity index is 2.26. The fourth-order valence-electron chi connectivity index (χ4n) is 1.54. The van der Waals surface area contributed by atoms with Gasteiger partial charge in [0.1, 0.15) is 5.75 Å². The highest BCUT2D eigenvalue weighted by Crippen LogP contribution is 2.19. The number of phenolic OH excluding ortho intramolecular Hbond substituents is 1. The van der Waals surface area contributed by atoms with Crippen LogP contribution in [0, 0.1) is 6.92 Å². The average Bonchev–Trinajstić information content (AvgIpc) is 2.74. The number of carbonyl (C=O) groups is 1. The van der Waals surface area contributed by atoms with E-state index < -0.39 is 0 Å². The Morgan fingerprint density at radius 3 is 2.53 bits per heavy atom. The highest BCUT2D eigenvalue weighted by molar-refractivity contribution is 6.06. The molecule has 5 nitrogen and oxygen atoms in total. The molecular formula is C12H13N3O2. The SMILES string of the molecule is Cc1[nH]ncc1C(=O)N(C)c1ccc(O)cc1. The minimum Gasteiger partial charge on any atom is -0.508 e. The number of hydrogen-bond acceptors (Lipinski definition) is 3. The van der Waals surface area contributed by atoms with Crippen LogP contribution in [0.1, 0.15) is 16.1 Å². The van der Waals surface area contributed by atoms with Crippen LogP contribution in [-0.4, -0.2) is 28.3 Å². The zero-order valence-corrected chi connectivity index (χ0v) is 9.64. The number of amides is 1. The fourth-order valence-corrected chi connectivity index (χ4v) is 1.54. The standard InChI is InChI=1S/C12H13N3O2/c1-8-11(7-13-14-8)12(17)15(2)9-3-5-10(16)6-4-9/h3-7,16H,1-2H3,(H,13,14). The highest BCUT2D eigenvalue weighted by atomic mass is 16.3. The van der Waals surface area contributed by atoms with E-state index in [-0.39, 0.29) is 11.7 Å². The highest BCUT2D eigenvalue weighted by Gasteiger charge is 2.16. The molecule has 0 fully saturated rings. The summed E-state index contributed by atoms with van der Waals surface area (Å²) >= 11 is 0. The molecule has 0 saturated carbocycles. The van der Waals surface area contributed by atoms with Gasteiger partial charge in [0.2, 0.25) is 0 Å². The van der Waals surface area contributed by atoms with E-state index in [0.29, 0.717) is 11.3 Å². The van der Waals surface area contributed by atoms with Crippen LogP contribution in [-0.2, 0) is 0 Å². The van der Waals surface area contributed by atoms with Crippen LogP contribution in [0.4, 0.5) is 5.69 Å². The van der Waals surface area contributed by atoms with Gasteiger partial charge in [0, 0.05) is 18.4 Å². The molecule has 0 unspecified atom stereocenters. The van der Waals surface area contributed by atoms with Gasteiger partial charge in [-0.3, -0.25) is 9.89 Å². The van der Waals surface area contributed by atoms with Gasteiger partial charge in [-0.05, 0) is 31.2 Å². The molecule has 1 heterocycles. The number of aromatic hydroxyl groups is 1. The molecule has 0 radical (unpaired) electrons. The van der Waals surface area contributed by atoms with Crippen LogP contribution in [0.15, 0.2) is 30.5 Å². The largest absolute Gasteiger partial charge is 0.508 e. The predicted molar refractivity (Wildman–Crippen MR) is 64.2 cm³/mol. The number of nitrogens with zero attached hydrogens (tertiary/aromatic N) is 2. The summed E-state index contributed by atoms with van der Waals surface area (Å²) in [6, 6.07) is 6.45. The number of aromatic amines is 1. The van der Waals surface area contributed by atoms with Gasteiger partial charge in [-0.1, -0.05) is 0 Å². The van der Waals surface area contributed by atoms with Crippen molar-refractivity contribution in [1.29, 1.82) is 0 Å². The summed E-state index contributed by atoms with van der Waals surface area (Å²) in [6.45, 7) is 1.80. The molecule has 1 amide bonds. The third-order valence-electron chi connectivity index (χ3n) is 2.60.